The third-order valence-electron chi connectivity index (χ3n) is 6.02. The lowest BCUT2D eigenvalue weighted by Gasteiger charge is -2.52. The van der Waals surface area contributed by atoms with Gasteiger partial charge in [0.05, 0.1) is 5.54 Å². The summed E-state index contributed by atoms with van der Waals surface area (Å²) in [6.45, 7) is 7.68. The highest BCUT2D eigenvalue weighted by molar-refractivity contribution is 7.08. The fourth-order valence-electron chi connectivity index (χ4n) is 4.56. The summed E-state index contributed by atoms with van der Waals surface area (Å²) in [4.78, 5) is 41.6. The molecule has 1 spiro atoms. The van der Waals surface area contributed by atoms with E-state index in [-0.39, 0.29) is 23.4 Å². The summed E-state index contributed by atoms with van der Waals surface area (Å²) in [7, 11) is 0. The van der Waals surface area contributed by atoms with E-state index < -0.39 is 5.60 Å². The molecule has 31 heavy (non-hydrogen) atoms. The topological polar surface area (TPSA) is 79.0 Å². The number of piperazine rings is 1. The SMILES string of the molecule is CC(C)(C)OC(=O)N1CCN(C(=O)CCCNC(=O)c2ccsc2)C2(CCCCC2)C1. The van der Waals surface area contributed by atoms with Gasteiger partial charge in [0, 0.05) is 43.5 Å². The van der Waals surface area contributed by atoms with E-state index in [0.29, 0.717) is 44.6 Å². The minimum atomic E-state index is -0.531. The van der Waals surface area contributed by atoms with Crippen molar-refractivity contribution >= 4 is 29.2 Å². The molecular weight excluding hydrogens is 414 g/mol. The van der Waals surface area contributed by atoms with Gasteiger partial charge in [-0.05, 0) is 51.5 Å². The number of hydrogen-bond acceptors (Lipinski definition) is 5. The Hall–Kier alpha value is -2.09. The van der Waals surface area contributed by atoms with Gasteiger partial charge < -0.3 is 19.9 Å². The standard InChI is InChI=1S/C23H35N3O4S/c1-22(2,3)30-21(29)25-13-14-26(23(17-25)10-5-4-6-11-23)19(27)8-7-12-24-20(28)18-9-15-31-16-18/h9,15-16H,4-8,10-14,17H2,1-3H3,(H,24,28). The monoisotopic (exact) mass is 449 g/mol. The van der Waals surface area contributed by atoms with Crippen molar-refractivity contribution in [3.05, 3.63) is 22.4 Å². The second-order valence-electron chi connectivity index (χ2n) is 9.60. The molecule has 1 aromatic heterocycles. The molecule has 0 bridgehead atoms. The van der Waals surface area contributed by atoms with E-state index in [1.54, 1.807) is 11.0 Å². The first-order chi connectivity index (χ1) is 14.7. The smallest absolute Gasteiger partial charge is 0.410 e. The van der Waals surface area contributed by atoms with Crippen LogP contribution in [0.5, 0.6) is 0 Å². The average Bonchev–Trinajstić information content (AvgIpc) is 3.25. The van der Waals surface area contributed by atoms with E-state index in [1.165, 1.54) is 17.8 Å². The van der Waals surface area contributed by atoms with Gasteiger partial charge in [-0.15, -0.1) is 0 Å². The van der Waals surface area contributed by atoms with Crippen molar-refractivity contribution in [2.24, 2.45) is 0 Å². The van der Waals surface area contributed by atoms with Gasteiger partial charge in [-0.3, -0.25) is 9.59 Å². The van der Waals surface area contributed by atoms with Crippen LogP contribution in [-0.4, -0.2) is 65.0 Å². The molecule has 3 rings (SSSR count). The molecule has 1 aliphatic heterocycles. The predicted octanol–water partition coefficient (Wildman–Crippen LogP) is 4.04. The molecule has 1 aliphatic carbocycles. The van der Waals surface area contributed by atoms with Crippen molar-refractivity contribution in [1.82, 2.24) is 15.1 Å². The van der Waals surface area contributed by atoms with Crippen LogP contribution in [0.4, 0.5) is 4.79 Å². The van der Waals surface area contributed by atoms with Gasteiger partial charge in [0.15, 0.2) is 0 Å². The van der Waals surface area contributed by atoms with Crippen molar-refractivity contribution < 1.29 is 19.1 Å². The van der Waals surface area contributed by atoms with Crippen LogP contribution in [0.15, 0.2) is 16.8 Å². The van der Waals surface area contributed by atoms with Crippen molar-refractivity contribution in [1.29, 1.82) is 0 Å². The summed E-state index contributed by atoms with van der Waals surface area (Å²) in [6.07, 6.45) is 5.88. The van der Waals surface area contributed by atoms with E-state index in [0.717, 1.165) is 25.7 Å². The van der Waals surface area contributed by atoms with Crippen molar-refractivity contribution in [3.63, 3.8) is 0 Å². The fraction of sp³-hybridized carbons (Fsp3) is 0.696. The molecule has 0 unspecified atom stereocenters. The molecule has 1 saturated carbocycles. The zero-order chi connectivity index (χ0) is 22.5. The Bertz CT molecular complexity index is 766. The molecule has 172 valence electrons. The lowest BCUT2D eigenvalue weighted by molar-refractivity contribution is -0.144. The van der Waals surface area contributed by atoms with Crippen LogP contribution < -0.4 is 5.32 Å². The molecular formula is C23H35N3O4S. The second kappa shape index (κ2) is 10.0. The number of nitrogens with one attached hydrogen (secondary N) is 1. The van der Waals surface area contributed by atoms with E-state index in [2.05, 4.69) is 5.32 Å². The first kappa shape index (κ1) is 23.6. The number of carbonyl (C=O) groups is 3. The molecule has 1 aromatic rings. The fourth-order valence-corrected chi connectivity index (χ4v) is 5.20. The predicted molar refractivity (Wildman–Crippen MR) is 121 cm³/mol. The Morgan fingerprint density at radius 1 is 1.16 bits per heavy atom. The molecule has 0 atom stereocenters. The number of nitrogens with zero attached hydrogens (tertiary/aromatic N) is 2. The highest BCUT2D eigenvalue weighted by Crippen LogP contribution is 2.37. The summed E-state index contributed by atoms with van der Waals surface area (Å²) in [5.74, 6) is 0.0268. The van der Waals surface area contributed by atoms with Crippen LogP contribution in [0.1, 0.15) is 76.1 Å². The maximum absolute atomic E-state index is 13.1. The Balaban J connectivity index is 1.56. The molecule has 0 aromatic carbocycles. The third-order valence-corrected chi connectivity index (χ3v) is 6.71. The molecule has 3 amide bonds. The van der Waals surface area contributed by atoms with Gasteiger partial charge in [-0.1, -0.05) is 19.3 Å². The van der Waals surface area contributed by atoms with Gasteiger partial charge in [0.25, 0.3) is 5.91 Å². The van der Waals surface area contributed by atoms with Crippen molar-refractivity contribution in [2.45, 2.75) is 76.9 Å². The minimum Gasteiger partial charge on any atom is -0.444 e. The molecule has 2 heterocycles. The number of rotatable bonds is 5. The number of amides is 3. The van der Waals surface area contributed by atoms with Crippen LogP contribution >= 0.6 is 11.3 Å². The molecule has 2 aliphatic rings. The summed E-state index contributed by atoms with van der Waals surface area (Å²) in [5, 5.41) is 6.58. The number of thiophene rings is 1. The van der Waals surface area contributed by atoms with E-state index >= 15 is 0 Å². The van der Waals surface area contributed by atoms with E-state index in [9.17, 15) is 14.4 Å². The summed E-state index contributed by atoms with van der Waals surface area (Å²) in [6, 6.07) is 1.79. The molecule has 2 fully saturated rings. The van der Waals surface area contributed by atoms with Gasteiger partial charge in [-0.25, -0.2) is 4.79 Å². The van der Waals surface area contributed by atoms with Gasteiger partial charge in [0.1, 0.15) is 5.60 Å². The largest absolute Gasteiger partial charge is 0.444 e. The molecule has 1 saturated heterocycles. The Labute approximate surface area is 189 Å². The molecule has 1 N–H and O–H groups in total. The zero-order valence-corrected chi connectivity index (χ0v) is 19.8. The lowest BCUT2D eigenvalue weighted by Crippen LogP contribution is -2.65. The van der Waals surface area contributed by atoms with Crippen molar-refractivity contribution in [3.8, 4) is 0 Å². The number of carbonyl (C=O) groups excluding carboxylic acids is 3. The number of hydrogen-bond donors (Lipinski definition) is 1. The lowest BCUT2D eigenvalue weighted by atomic mass is 9.78. The van der Waals surface area contributed by atoms with E-state index in [4.69, 9.17) is 4.74 Å². The summed E-state index contributed by atoms with van der Waals surface area (Å²) >= 11 is 1.49. The van der Waals surface area contributed by atoms with Crippen molar-refractivity contribution in [2.75, 3.05) is 26.2 Å². The van der Waals surface area contributed by atoms with Gasteiger partial charge in [0.2, 0.25) is 5.91 Å². The third kappa shape index (κ3) is 6.21. The average molecular weight is 450 g/mol. The normalized spacial score (nSPS) is 18.7. The Morgan fingerprint density at radius 3 is 2.55 bits per heavy atom. The van der Waals surface area contributed by atoms with Gasteiger partial charge >= 0.3 is 6.09 Å². The highest BCUT2D eigenvalue weighted by atomic mass is 32.1. The maximum Gasteiger partial charge on any atom is 0.410 e. The zero-order valence-electron chi connectivity index (χ0n) is 18.9. The first-order valence-electron chi connectivity index (χ1n) is 11.3. The minimum absolute atomic E-state index is 0.0941. The van der Waals surface area contributed by atoms with Crippen LogP contribution in [0.3, 0.4) is 0 Å². The van der Waals surface area contributed by atoms with Crippen LogP contribution in [-0.2, 0) is 9.53 Å². The second-order valence-corrected chi connectivity index (χ2v) is 10.4. The maximum atomic E-state index is 13.1. The molecule has 0 radical (unpaired) electrons. The first-order valence-corrected chi connectivity index (χ1v) is 12.2. The molecule has 8 heteroatoms. The summed E-state index contributed by atoms with van der Waals surface area (Å²) < 4.78 is 5.58. The van der Waals surface area contributed by atoms with E-state index in [1.807, 2.05) is 36.4 Å². The number of ether oxygens (including phenoxy) is 1. The quantitative estimate of drug-likeness (QED) is 0.688. The van der Waals surface area contributed by atoms with Gasteiger partial charge in [-0.2, -0.15) is 11.3 Å². The Kier molecular flexibility index (Phi) is 7.62. The van der Waals surface area contributed by atoms with Crippen LogP contribution in [0.25, 0.3) is 0 Å². The Morgan fingerprint density at radius 2 is 1.90 bits per heavy atom. The molecule has 7 nitrogen and oxygen atoms in total. The summed E-state index contributed by atoms with van der Waals surface area (Å²) in [5.41, 5.74) is -0.155. The highest BCUT2D eigenvalue weighted by Gasteiger charge is 2.46. The van der Waals surface area contributed by atoms with Crippen LogP contribution in [0.2, 0.25) is 0 Å². The van der Waals surface area contributed by atoms with Crippen LogP contribution in [0, 0.1) is 0 Å².